The van der Waals surface area contributed by atoms with Crippen LogP contribution in [0.15, 0.2) is 85.4 Å². The predicted octanol–water partition coefficient (Wildman–Crippen LogP) is 3.73. The van der Waals surface area contributed by atoms with E-state index >= 15 is 0 Å². The summed E-state index contributed by atoms with van der Waals surface area (Å²) in [5.74, 6) is -3.07. The number of Topliss-reactive ketones (excluding diaryl/α,β-unsaturated/α-hetero) is 1. The average molecular weight is 577 g/mol. The summed E-state index contributed by atoms with van der Waals surface area (Å²) in [5, 5.41) is 11.6. The van der Waals surface area contributed by atoms with Crippen molar-refractivity contribution in [2.75, 3.05) is 12.3 Å². The Bertz CT molecular complexity index is 1450. The molecule has 0 aliphatic rings. The molecule has 3 rings (SSSR count). The summed E-state index contributed by atoms with van der Waals surface area (Å²) in [6, 6.07) is 23.3. The van der Waals surface area contributed by atoms with Gasteiger partial charge in [-0.2, -0.15) is 0 Å². The van der Waals surface area contributed by atoms with E-state index in [1.807, 2.05) is 54.6 Å². The maximum atomic E-state index is 13.1. The fourth-order valence-corrected chi connectivity index (χ4v) is 6.16. The lowest BCUT2D eigenvalue weighted by Crippen LogP contribution is -2.38. The number of hydrogen-bond acceptors (Lipinski definition) is 6. The molecule has 0 aliphatic carbocycles. The zero-order valence-electron chi connectivity index (χ0n) is 22.9. The van der Waals surface area contributed by atoms with Gasteiger partial charge in [-0.3, -0.25) is 14.4 Å². The maximum absolute atomic E-state index is 13.1. The smallest absolute Gasteiger partial charge is 0.307 e. The Morgan fingerprint density at radius 3 is 2.02 bits per heavy atom. The highest BCUT2D eigenvalue weighted by molar-refractivity contribution is 7.90. The van der Waals surface area contributed by atoms with Crippen LogP contribution in [0.3, 0.4) is 0 Å². The Morgan fingerprint density at radius 1 is 0.829 bits per heavy atom. The Labute approximate surface area is 241 Å². The lowest BCUT2D eigenvalue weighted by molar-refractivity contribution is -0.136. The summed E-state index contributed by atoms with van der Waals surface area (Å²) < 4.78 is 26.2. The van der Waals surface area contributed by atoms with Crippen LogP contribution in [0.2, 0.25) is 0 Å². The van der Waals surface area contributed by atoms with Crippen LogP contribution >= 0.6 is 0 Å². The first-order valence-electron chi connectivity index (χ1n) is 13.4. The summed E-state index contributed by atoms with van der Waals surface area (Å²) >= 11 is 0. The molecule has 1 atom stereocenters. The van der Waals surface area contributed by atoms with Crippen LogP contribution in [0.1, 0.15) is 40.7 Å². The third-order valence-corrected chi connectivity index (χ3v) is 8.38. The summed E-state index contributed by atoms with van der Waals surface area (Å²) in [5.41, 5.74) is 9.99. The van der Waals surface area contributed by atoms with Crippen LogP contribution < -0.4 is 11.1 Å². The van der Waals surface area contributed by atoms with Gasteiger partial charge in [-0.05, 0) is 47.1 Å². The Hall–Kier alpha value is -4.24. The van der Waals surface area contributed by atoms with Gasteiger partial charge in [0, 0.05) is 12.1 Å². The third-order valence-electron chi connectivity index (χ3n) is 6.69. The van der Waals surface area contributed by atoms with Gasteiger partial charge in [-0.15, -0.1) is 0 Å². The van der Waals surface area contributed by atoms with E-state index in [0.29, 0.717) is 36.1 Å². The van der Waals surface area contributed by atoms with E-state index < -0.39 is 27.6 Å². The number of sulfone groups is 1. The molecular formula is C32H36N2O6S. The molecule has 0 unspecified atom stereocenters. The molecule has 0 fully saturated rings. The minimum Gasteiger partial charge on any atom is -0.481 e. The summed E-state index contributed by atoms with van der Waals surface area (Å²) in [7, 11) is -3.69. The van der Waals surface area contributed by atoms with Crippen LogP contribution in [-0.2, 0) is 49.2 Å². The van der Waals surface area contributed by atoms with Gasteiger partial charge < -0.3 is 16.2 Å². The normalized spacial score (nSPS) is 11.9. The first-order valence-corrected chi connectivity index (χ1v) is 15.2. The number of carbonyl (C=O) groups is 3. The van der Waals surface area contributed by atoms with Crippen LogP contribution in [0.4, 0.5) is 0 Å². The maximum Gasteiger partial charge on any atom is 0.307 e. The lowest BCUT2D eigenvalue weighted by Gasteiger charge is -2.17. The molecule has 9 heteroatoms. The van der Waals surface area contributed by atoms with Crippen molar-refractivity contribution in [3.05, 3.63) is 113 Å². The van der Waals surface area contributed by atoms with Crippen LogP contribution in [-0.4, -0.2) is 43.5 Å². The van der Waals surface area contributed by atoms with Crippen molar-refractivity contribution in [1.29, 1.82) is 0 Å². The molecule has 0 aromatic heterocycles. The first-order chi connectivity index (χ1) is 19.5. The molecule has 0 spiro atoms. The van der Waals surface area contributed by atoms with Crippen LogP contribution in [0.25, 0.3) is 5.70 Å². The molecule has 3 aromatic rings. The van der Waals surface area contributed by atoms with Crippen molar-refractivity contribution in [1.82, 2.24) is 5.32 Å². The fourth-order valence-electron chi connectivity index (χ4n) is 4.41. The van der Waals surface area contributed by atoms with E-state index in [0.717, 1.165) is 16.7 Å². The molecule has 0 saturated heterocycles. The van der Waals surface area contributed by atoms with Crippen molar-refractivity contribution in [2.45, 2.75) is 37.9 Å². The molecule has 41 heavy (non-hydrogen) atoms. The number of ketones is 1. The zero-order valence-corrected chi connectivity index (χ0v) is 23.7. The van der Waals surface area contributed by atoms with E-state index in [2.05, 4.69) is 11.9 Å². The molecule has 0 radical (unpaired) electrons. The highest BCUT2D eigenvalue weighted by atomic mass is 32.2. The third kappa shape index (κ3) is 11.0. The fraction of sp³-hybridized carbons (Fsp3) is 0.281. The minimum absolute atomic E-state index is 0.149. The monoisotopic (exact) mass is 576 g/mol. The predicted molar refractivity (Wildman–Crippen MR) is 160 cm³/mol. The van der Waals surface area contributed by atoms with Gasteiger partial charge in [0.1, 0.15) is 0 Å². The Kier molecular flexibility index (Phi) is 11.4. The van der Waals surface area contributed by atoms with Crippen molar-refractivity contribution < 1.29 is 27.9 Å². The SMILES string of the molecule is C=C(N)c1ccc(CCC(=O)CNC(=O)[C@@H](CCc2ccccc2)CS(=O)(=O)Cc2ccc(CC(=O)O)cc2)cc1. The summed E-state index contributed by atoms with van der Waals surface area (Å²) in [4.78, 5) is 36.5. The second-order valence-corrected chi connectivity index (χ2v) is 12.3. The second-order valence-electron chi connectivity index (χ2n) is 10.1. The topological polar surface area (TPSA) is 144 Å². The average Bonchev–Trinajstić information content (AvgIpc) is 2.94. The molecule has 3 aromatic carbocycles. The molecule has 0 bridgehead atoms. The molecule has 216 valence electrons. The quantitative estimate of drug-likeness (QED) is 0.236. The van der Waals surface area contributed by atoms with Gasteiger partial charge in [0.25, 0.3) is 0 Å². The zero-order chi connectivity index (χ0) is 29.8. The number of benzene rings is 3. The lowest BCUT2D eigenvalue weighted by atomic mass is 10.00. The van der Waals surface area contributed by atoms with Crippen LogP contribution in [0.5, 0.6) is 0 Å². The summed E-state index contributed by atoms with van der Waals surface area (Å²) in [6.45, 7) is 3.52. The number of carboxylic acid groups (broad SMARTS) is 1. The first kappa shape index (κ1) is 31.3. The van der Waals surface area contributed by atoms with E-state index in [4.69, 9.17) is 10.8 Å². The molecule has 4 N–H and O–H groups in total. The minimum atomic E-state index is -3.69. The molecule has 0 aliphatic heterocycles. The standard InChI is InChI=1S/C32H36N2O6S/c1-23(33)28-15-11-25(12-16-28)14-18-30(35)20-34-32(38)29(17-13-24-5-3-2-4-6-24)22-41(39,40)21-27-9-7-26(8-10-27)19-31(36)37/h2-12,15-16,29H,1,13-14,17-22,33H2,(H,34,38)(H,36,37)/t29-/m0/s1. The van der Waals surface area contributed by atoms with Gasteiger partial charge in [0.15, 0.2) is 15.6 Å². The molecule has 0 heterocycles. The number of nitrogens with two attached hydrogens (primary N) is 1. The number of hydrogen-bond donors (Lipinski definition) is 3. The van der Waals surface area contributed by atoms with E-state index in [9.17, 15) is 22.8 Å². The van der Waals surface area contributed by atoms with Crippen molar-refractivity contribution in [3.63, 3.8) is 0 Å². The summed E-state index contributed by atoms with van der Waals surface area (Å²) in [6.07, 6.45) is 1.40. The van der Waals surface area contributed by atoms with E-state index in [1.165, 1.54) is 0 Å². The van der Waals surface area contributed by atoms with Crippen molar-refractivity contribution >= 4 is 33.2 Å². The number of aryl methyl sites for hydroxylation is 2. The highest BCUT2D eigenvalue weighted by Crippen LogP contribution is 2.17. The molecular weight excluding hydrogens is 540 g/mol. The van der Waals surface area contributed by atoms with Gasteiger partial charge in [0.05, 0.1) is 30.4 Å². The van der Waals surface area contributed by atoms with Crippen molar-refractivity contribution in [3.8, 4) is 0 Å². The van der Waals surface area contributed by atoms with E-state index in [1.54, 1.807) is 24.3 Å². The van der Waals surface area contributed by atoms with Gasteiger partial charge >= 0.3 is 5.97 Å². The van der Waals surface area contributed by atoms with Gasteiger partial charge in [-0.1, -0.05) is 85.4 Å². The molecule has 1 amide bonds. The Morgan fingerprint density at radius 2 is 1.41 bits per heavy atom. The number of rotatable bonds is 16. The highest BCUT2D eigenvalue weighted by Gasteiger charge is 2.26. The number of nitrogens with one attached hydrogen (secondary N) is 1. The van der Waals surface area contributed by atoms with Crippen molar-refractivity contribution in [2.24, 2.45) is 11.7 Å². The van der Waals surface area contributed by atoms with Gasteiger partial charge in [-0.25, -0.2) is 8.42 Å². The number of aliphatic carboxylic acids is 1. The second kappa shape index (κ2) is 14.9. The van der Waals surface area contributed by atoms with E-state index in [-0.39, 0.29) is 36.7 Å². The van der Waals surface area contributed by atoms with Gasteiger partial charge in [0.2, 0.25) is 5.91 Å². The largest absolute Gasteiger partial charge is 0.481 e. The number of carboxylic acids is 1. The Balaban J connectivity index is 1.60. The molecule has 0 saturated carbocycles. The van der Waals surface area contributed by atoms with Crippen LogP contribution in [0, 0.1) is 5.92 Å². The number of carbonyl (C=O) groups excluding carboxylic acids is 2. The molecule has 8 nitrogen and oxygen atoms in total. The number of amides is 1.